The van der Waals surface area contributed by atoms with Crippen LogP contribution in [0.4, 0.5) is 0 Å². The number of amides is 1. The van der Waals surface area contributed by atoms with E-state index in [0.717, 1.165) is 17.3 Å². The van der Waals surface area contributed by atoms with Gasteiger partial charge < -0.3 is 15.2 Å². The average molecular weight is 314 g/mol. The highest BCUT2D eigenvalue weighted by Gasteiger charge is 2.28. The highest BCUT2D eigenvalue weighted by molar-refractivity contribution is 5.86. The number of ether oxygens (including phenoxy) is 1. The molecule has 2 aromatic rings. The summed E-state index contributed by atoms with van der Waals surface area (Å²) in [6.45, 7) is 0.544. The van der Waals surface area contributed by atoms with Crippen LogP contribution >= 0.6 is 0 Å². The van der Waals surface area contributed by atoms with Gasteiger partial charge in [0.1, 0.15) is 12.1 Å². The molecule has 0 bridgehead atoms. The van der Waals surface area contributed by atoms with Gasteiger partial charge in [-0.15, -0.1) is 0 Å². The van der Waals surface area contributed by atoms with E-state index in [1.165, 1.54) is 0 Å². The number of carbonyl (C=O) groups is 2. The van der Waals surface area contributed by atoms with Crippen molar-refractivity contribution in [1.29, 1.82) is 0 Å². The lowest BCUT2D eigenvalue weighted by Gasteiger charge is -2.17. The molecule has 6 heteroatoms. The van der Waals surface area contributed by atoms with Crippen LogP contribution < -0.4 is 5.32 Å². The maximum absolute atomic E-state index is 12.0. The Hall–Kier alpha value is -2.47. The molecule has 0 spiro atoms. The normalized spacial score (nSPS) is 18.7. The van der Waals surface area contributed by atoms with E-state index in [0.29, 0.717) is 18.7 Å². The standard InChI is InChI=1S/C17H18N2O4/c20-16(15-6-3-9-23-15)19-14(17(21)22)10-12-8-7-11-4-1-2-5-13(11)18-12/h1-2,4-5,7-8,14-15H,3,6,9-10H2,(H,19,20)(H,21,22)/t14-,15+/m1/s1. The van der Waals surface area contributed by atoms with Gasteiger partial charge in [0.05, 0.1) is 5.52 Å². The molecule has 2 heterocycles. The van der Waals surface area contributed by atoms with Crippen molar-refractivity contribution in [2.45, 2.75) is 31.4 Å². The van der Waals surface area contributed by atoms with Gasteiger partial charge in [0.2, 0.25) is 5.91 Å². The number of carboxylic acids is 1. The number of pyridine rings is 1. The first kappa shape index (κ1) is 15.4. The first-order valence-electron chi connectivity index (χ1n) is 7.63. The maximum atomic E-state index is 12.0. The first-order valence-corrected chi connectivity index (χ1v) is 7.63. The summed E-state index contributed by atoms with van der Waals surface area (Å²) in [4.78, 5) is 27.9. The predicted molar refractivity (Wildman–Crippen MR) is 84.0 cm³/mol. The molecule has 6 nitrogen and oxygen atoms in total. The fourth-order valence-corrected chi connectivity index (χ4v) is 2.68. The zero-order valence-electron chi connectivity index (χ0n) is 12.6. The molecule has 0 unspecified atom stereocenters. The number of carbonyl (C=O) groups excluding carboxylic acids is 1. The molecule has 2 atom stereocenters. The SMILES string of the molecule is O=C(N[C@H](Cc1ccc2ccccc2n1)C(=O)O)[C@@H]1CCCO1. The molecule has 0 saturated carbocycles. The van der Waals surface area contributed by atoms with Gasteiger partial charge in [0.15, 0.2) is 0 Å². The summed E-state index contributed by atoms with van der Waals surface area (Å²) < 4.78 is 5.28. The Morgan fingerprint density at radius 1 is 1.30 bits per heavy atom. The number of benzene rings is 1. The van der Waals surface area contributed by atoms with Crippen LogP contribution in [-0.4, -0.2) is 40.7 Å². The van der Waals surface area contributed by atoms with Crippen LogP contribution in [0.5, 0.6) is 0 Å². The predicted octanol–water partition coefficient (Wildman–Crippen LogP) is 1.53. The van der Waals surface area contributed by atoms with Crippen molar-refractivity contribution < 1.29 is 19.4 Å². The topological polar surface area (TPSA) is 88.5 Å². The summed E-state index contributed by atoms with van der Waals surface area (Å²) in [7, 11) is 0. The van der Waals surface area contributed by atoms with E-state index in [1.54, 1.807) is 6.07 Å². The van der Waals surface area contributed by atoms with E-state index >= 15 is 0 Å². The smallest absolute Gasteiger partial charge is 0.326 e. The molecule has 120 valence electrons. The Morgan fingerprint density at radius 2 is 2.13 bits per heavy atom. The van der Waals surface area contributed by atoms with Crippen molar-refractivity contribution in [3.8, 4) is 0 Å². The number of aromatic nitrogens is 1. The van der Waals surface area contributed by atoms with Crippen molar-refractivity contribution in [1.82, 2.24) is 10.3 Å². The second-order valence-corrected chi connectivity index (χ2v) is 5.60. The molecule has 1 fully saturated rings. The van der Waals surface area contributed by atoms with E-state index in [1.807, 2.05) is 30.3 Å². The van der Waals surface area contributed by atoms with Crippen LogP contribution in [0.2, 0.25) is 0 Å². The van der Waals surface area contributed by atoms with Crippen LogP contribution in [0.1, 0.15) is 18.5 Å². The van der Waals surface area contributed by atoms with Gasteiger partial charge in [-0.2, -0.15) is 0 Å². The van der Waals surface area contributed by atoms with Crippen LogP contribution in [0.15, 0.2) is 36.4 Å². The van der Waals surface area contributed by atoms with E-state index < -0.39 is 18.1 Å². The Labute approximate surface area is 133 Å². The van der Waals surface area contributed by atoms with Crippen LogP contribution in [-0.2, 0) is 20.7 Å². The Kier molecular flexibility index (Phi) is 4.52. The largest absolute Gasteiger partial charge is 0.480 e. The van der Waals surface area contributed by atoms with Crippen molar-refractivity contribution in [3.05, 3.63) is 42.1 Å². The van der Waals surface area contributed by atoms with E-state index in [-0.39, 0.29) is 12.3 Å². The molecular formula is C17H18N2O4. The quantitative estimate of drug-likeness (QED) is 0.873. The third-order valence-corrected chi connectivity index (χ3v) is 3.91. The average Bonchev–Trinajstić information content (AvgIpc) is 3.08. The number of nitrogens with zero attached hydrogens (tertiary/aromatic N) is 1. The number of rotatable bonds is 5. The maximum Gasteiger partial charge on any atom is 0.326 e. The zero-order valence-corrected chi connectivity index (χ0v) is 12.6. The van der Waals surface area contributed by atoms with Crippen molar-refractivity contribution >= 4 is 22.8 Å². The highest BCUT2D eigenvalue weighted by atomic mass is 16.5. The number of carboxylic acid groups (broad SMARTS) is 1. The fraction of sp³-hybridized carbons (Fsp3) is 0.353. The molecule has 0 radical (unpaired) electrons. The number of hydrogen-bond donors (Lipinski definition) is 2. The van der Waals surface area contributed by atoms with Crippen molar-refractivity contribution in [3.63, 3.8) is 0 Å². The van der Waals surface area contributed by atoms with E-state index in [9.17, 15) is 14.7 Å². The summed E-state index contributed by atoms with van der Waals surface area (Å²) in [5.74, 6) is -1.44. The lowest BCUT2D eigenvalue weighted by atomic mass is 10.1. The minimum Gasteiger partial charge on any atom is -0.480 e. The molecule has 3 rings (SSSR count). The lowest BCUT2D eigenvalue weighted by molar-refractivity contribution is -0.143. The summed E-state index contributed by atoms with van der Waals surface area (Å²) >= 11 is 0. The van der Waals surface area contributed by atoms with Gasteiger partial charge in [-0.05, 0) is 25.0 Å². The van der Waals surface area contributed by atoms with Gasteiger partial charge in [0, 0.05) is 24.1 Å². The number of aliphatic carboxylic acids is 1. The number of fused-ring (bicyclic) bond motifs is 1. The molecule has 2 N–H and O–H groups in total. The zero-order chi connectivity index (χ0) is 16.2. The summed E-state index contributed by atoms with van der Waals surface area (Å²) in [6.07, 6.45) is 1.05. The molecule has 1 aliphatic heterocycles. The Bertz CT molecular complexity index is 725. The second kappa shape index (κ2) is 6.75. The number of para-hydroxylation sites is 1. The summed E-state index contributed by atoms with van der Waals surface area (Å²) in [5.41, 5.74) is 1.43. The summed E-state index contributed by atoms with van der Waals surface area (Å²) in [5, 5.41) is 12.9. The minimum atomic E-state index is -1.08. The molecule has 1 saturated heterocycles. The first-order chi connectivity index (χ1) is 11.1. The second-order valence-electron chi connectivity index (χ2n) is 5.60. The van der Waals surface area contributed by atoms with Gasteiger partial charge in [-0.3, -0.25) is 9.78 Å². The third-order valence-electron chi connectivity index (χ3n) is 3.91. The lowest BCUT2D eigenvalue weighted by Crippen LogP contribution is -2.46. The van der Waals surface area contributed by atoms with Crippen molar-refractivity contribution in [2.75, 3.05) is 6.61 Å². The molecule has 23 heavy (non-hydrogen) atoms. The molecular weight excluding hydrogens is 296 g/mol. The minimum absolute atomic E-state index is 0.138. The molecule has 0 aliphatic carbocycles. The van der Waals surface area contributed by atoms with Crippen LogP contribution in [0, 0.1) is 0 Å². The number of nitrogens with one attached hydrogen (secondary N) is 1. The van der Waals surface area contributed by atoms with E-state index in [2.05, 4.69) is 10.3 Å². The highest BCUT2D eigenvalue weighted by Crippen LogP contribution is 2.14. The monoisotopic (exact) mass is 314 g/mol. The van der Waals surface area contributed by atoms with Crippen LogP contribution in [0.25, 0.3) is 10.9 Å². The van der Waals surface area contributed by atoms with Gasteiger partial charge in [-0.1, -0.05) is 24.3 Å². The van der Waals surface area contributed by atoms with Gasteiger partial charge in [-0.25, -0.2) is 4.79 Å². The molecule has 1 aromatic heterocycles. The Balaban J connectivity index is 1.72. The Morgan fingerprint density at radius 3 is 2.87 bits per heavy atom. The molecule has 1 amide bonds. The number of hydrogen-bond acceptors (Lipinski definition) is 4. The third kappa shape index (κ3) is 3.65. The van der Waals surface area contributed by atoms with E-state index in [4.69, 9.17) is 4.74 Å². The molecule has 1 aromatic carbocycles. The van der Waals surface area contributed by atoms with Gasteiger partial charge in [0.25, 0.3) is 0 Å². The van der Waals surface area contributed by atoms with Crippen molar-refractivity contribution in [2.24, 2.45) is 0 Å². The molecule has 1 aliphatic rings. The van der Waals surface area contributed by atoms with Crippen LogP contribution in [0.3, 0.4) is 0 Å². The summed E-state index contributed by atoms with van der Waals surface area (Å²) in [6, 6.07) is 10.3. The van der Waals surface area contributed by atoms with Gasteiger partial charge >= 0.3 is 5.97 Å². The fourth-order valence-electron chi connectivity index (χ4n) is 2.68.